The lowest BCUT2D eigenvalue weighted by Gasteiger charge is -2.27. The standard InChI is InChI=1S/C27H25ClO2S/c28-22-13-17-24(18-14-22)31(29,30)23-15-11-21(12-16-23)27-25-7-3-1-5-19(25)9-10-20-6-2-4-8-26(20)27/h1-8,13-14,17-18,23H,9-12,15-16H2. The fourth-order valence-electron chi connectivity index (χ4n) is 5.08. The molecule has 0 radical (unpaired) electrons. The van der Waals surface area contributed by atoms with Gasteiger partial charge >= 0.3 is 0 Å². The second-order valence-electron chi connectivity index (χ2n) is 8.49. The molecule has 0 heterocycles. The summed E-state index contributed by atoms with van der Waals surface area (Å²) in [5, 5.41) is 0.217. The molecular formula is C27H25ClO2S. The molecule has 4 heteroatoms. The third-order valence-corrected chi connectivity index (χ3v) is 9.24. The van der Waals surface area contributed by atoms with Crippen molar-refractivity contribution in [3.8, 4) is 0 Å². The fraction of sp³-hybridized carbons (Fsp3) is 0.259. The van der Waals surface area contributed by atoms with Crippen LogP contribution in [0.5, 0.6) is 0 Å². The average molecular weight is 449 g/mol. The van der Waals surface area contributed by atoms with Crippen LogP contribution in [0.2, 0.25) is 5.02 Å². The molecule has 0 spiro atoms. The zero-order valence-corrected chi connectivity index (χ0v) is 18.9. The lowest BCUT2D eigenvalue weighted by atomic mass is 9.83. The van der Waals surface area contributed by atoms with E-state index in [1.54, 1.807) is 24.3 Å². The van der Waals surface area contributed by atoms with Crippen LogP contribution in [0.25, 0.3) is 5.57 Å². The van der Waals surface area contributed by atoms with Crippen molar-refractivity contribution in [1.29, 1.82) is 0 Å². The zero-order chi connectivity index (χ0) is 21.4. The van der Waals surface area contributed by atoms with Gasteiger partial charge in [0.2, 0.25) is 0 Å². The van der Waals surface area contributed by atoms with Crippen LogP contribution >= 0.6 is 11.6 Å². The van der Waals surface area contributed by atoms with Crippen molar-refractivity contribution in [3.63, 3.8) is 0 Å². The molecule has 2 nitrogen and oxygen atoms in total. The van der Waals surface area contributed by atoms with Crippen molar-refractivity contribution in [1.82, 2.24) is 0 Å². The van der Waals surface area contributed by atoms with Gasteiger partial charge in [0.1, 0.15) is 0 Å². The summed E-state index contributed by atoms with van der Waals surface area (Å²) in [6, 6.07) is 24.0. The molecule has 0 N–H and O–H groups in total. The van der Waals surface area contributed by atoms with Gasteiger partial charge in [-0.1, -0.05) is 65.7 Å². The van der Waals surface area contributed by atoms with Crippen LogP contribution in [0.15, 0.2) is 83.3 Å². The second-order valence-corrected chi connectivity index (χ2v) is 11.2. The third-order valence-electron chi connectivity index (χ3n) is 6.71. The van der Waals surface area contributed by atoms with Crippen LogP contribution in [-0.2, 0) is 22.7 Å². The Kier molecular flexibility index (Phi) is 5.49. The van der Waals surface area contributed by atoms with Gasteiger partial charge in [0.25, 0.3) is 0 Å². The summed E-state index contributed by atoms with van der Waals surface area (Å²) in [6.45, 7) is 0. The number of aryl methyl sites for hydroxylation is 2. The first-order chi connectivity index (χ1) is 15.0. The van der Waals surface area contributed by atoms with E-state index in [0.29, 0.717) is 22.8 Å². The fourth-order valence-corrected chi connectivity index (χ4v) is 6.96. The molecule has 0 atom stereocenters. The van der Waals surface area contributed by atoms with E-state index in [2.05, 4.69) is 48.5 Å². The van der Waals surface area contributed by atoms with Gasteiger partial charge in [0, 0.05) is 5.02 Å². The number of benzene rings is 3. The van der Waals surface area contributed by atoms with Crippen LogP contribution in [0, 0.1) is 0 Å². The summed E-state index contributed by atoms with van der Waals surface area (Å²) in [4.78, 5) is 0.378. The van der Waals surface area contributed by atoms with E-state index < -0.39 is 9.84 Å². The highest BCUT2D eigenvalue weighted by Crippen LogP contribution is 2.41. The Morgan fingerprint density at radius 1 is 0.677 bits per heavy atom. The molecule has 3 aromatic carbocycles. The number of hydrogen-bond acceptors (Lipinski definition) is 2. The molecule has 0 aromatic heterocycles. The molecule has 0 aliphatic heterocycles. The van der Waals surface area contributed by atoms with Gasteiger partial charge in [-0.3, -0.25) is 0 Å². The molecule has 1 saturated carbocycles. The average Bonchev–Trinajstić information content (AvgIpc) is 2.96. The van der Waals surface area contributed by atoms with Crippen LogP contribution in [0.1, 0.15) is 47.9 Å². The number of hydrogen-bond donors (Lipinski definition) is 0. The Morgan fingerprint density at radius 3 is 1.74 bits per heavy atom. The molecular weight excluding hydrogens is 424 g/mol. The predicted molar refractivity (Wildman–Crippen MR) is 127 cm³/mol. The highest BCUT2D eigenvalue weighted by atomic mass is 35.5. The van der Waals surface area contributed by atoms with Crippen LogP contribution in [0.3, 0.4) is 0 Å². The first-order valence-electron chi connectivity index (χ1n) is 10.9. The summed E-state index contributed by atoms with van der Waals surface area (Å²) in [7, 11) is -3.34. The van der Waals surface area contributed by atoms with Crippen molar-refractivity contribution in [2.24, 2.45) is 0 Å². The summed E-state index contributed by atoms with van der Waals surface area (Å²) >= 11 is 5.95. The lowest BCUT2D eigenvalue weighted by molar-refractivity contribution is 0.538. The van der Waals surface area contributed by atoms with Gasteiger partial charge in [0.15, 0.2) is 9.84 Å². The summed E-state index contributed by atoms with van der Waals surface area (Å²) in [5.74, 6) is 0. The molecule has 2 aliphatic carbocycles. The van der Waals surface area contributed by atoms with Crippen molar-refractivity contribution < 1.29 is 8.42 Å². The smallest absolute Gasteiger partial charge is 0.181 e. The van der Waals surface area contributed by atoms with Crippen molar-refractivity contribution >= 4 is 27.0 Å². The number of rotatable bonds is 2. The molecule has 0 amide bonds. The Labute approximate surface area is 189 Å². The zero-order valence-electron chi connectivity index (χ0n) is 17.4. The minimum absolute atomic E-state index is 0.339. The van der Waals surface area contributed by atoms with Crippen molar-refractivity contribution in [3.05, 3.63) is 106 Å². The largest absolute Gasteiger partial charge is 0.223 e. The summed E-state index contributed by atoms with van der Waals surface area (Å²) in [6.07, 6.45) is 5.03. The highest BCUT2D eigenvalue weighted by Gasteiger charge is 2.32. The third kappa shape index (κ3) is 3.86. The van der Waals surface area contributed by atoms with Gasteiger partial charge in [-0.15, -0.1) is 0 Å². The summed E-state index contributed by atoms with van der Waals surface area (Å²) < 4.78 is 26.3. The maximum Gasteiger partial charge on any atom is 0.181 e. The monoisotopic (exact) mass is 448 g/mol. The predicted octanol–water partition coefficient (Wildman–Crippen LogP) is 6.66. The van der Waals surface area contributed by atoms with Gasteiger partial charge < -0.3 is 0 Å². The maximum absolute atomic E-state index is 13.2. The van der Waals surface area contributed by atoms with Gasteiger partial charge in [-0.25, -0.2) is 8.42 Å². The molecule has 0 saturated heterocycles. The quantitative estimate of drug-likeness (QED) is 0.439. The molecule has 0 bridgehead atoms. The normalized spacial score (nSPS) is 18.8. The Hall–Kier alpha value is -2.36. The van der Waals surface area contributed by atoms with E-state index >= 15 is 0 Å². The Morgan fingerprint density at radius 2 is 1.19 bits per heavy atom. The van der Waals surface area contributed by atoms with Gasteiger partial charge in [0.05, 0.1) is 10.1 Å². The molecule has 2 aliphatic rings. The molecule has 5 rings (SSSR count). The summed E-state index contributed by atoms with van der Waals surface area (Å²) in [5.41, 5.74) is 8.15. The van der Waals surface area contributed by atoms with Crippen LogP contribution in [0.4, 0.5) is 0 Å². The first-order valence-corrected chi connectivity index (χ1v) is 12.8. The Balaban J connectivity index is 1.51. The second kappa shape index (κ2) is 8.29. The van der Waals surface area contributed by atoms with E-state index in [-0.39, 0.29) is 5.25 Å². The molecule has 158 valence electrons. The van der Waals surface area contributed by atoms with E-state index in [4.69, 9.17) is 11.6 Å². The van der Waals surface area contributed by atoms with E-state index in [1.165, 1.54) is 33.4 Å². The number of sulfone groups is 1. The van der Waals surface area contributed by atoms with E-state index in [0.717, 1.165) is 25.7 Å². The Bertz CT molecular complexity index is 1200. The van der Waals surface area contributed by atoms with Crippen LogP contribution in [-0.4, -0.2) is 13.7 Å². The van der Waals surface area contributed by atoms with Gasteiger partial charge in [-0.2, -0.15) is 0 Å². The number of fused-ring (bicyclic) bond motifs is 2. The molecule has 0 unspecified atom stereocenters. The van der Waals surface area contributed by atoms with Crippen LogP contribution < -0.4 is 0 Å². The minimum Gasteiger partial charge on any atom is -0.223 e. The number of halogens is 1. The van der Waals surface area contributed by atoms with Gasteiger partial charge in [-0.05, 0) is 90.6 Å². The first kappa shape index (κ1) is 20.5. The van der Waals surface area contributed by atoms with Crippen molar-refractivity contribution in [2.75, 3.05) is 0 Å². The maximum atomic E-state index is 13.2. The molecule has 31 heavy (non-hydrogen) atoms. The van der Waals surface area contributed by atoms with E-state index in [1.807, 2.05) is 0 Å². The van der Waals surface area contributed by atoms with Crippen molar-refractivity contribution in [2.45, 2.75) is 48.7 Å². The lowest BCUT2D eigenvalue weighted by Crippen LogP contribution is -2.25. The highest BCUT2D eigenvalue weighted by molar-refractivity contribution is 7.92. The number of allylic oxidation sites excluding steroid dienone is 1. The van der Waals surface area contributed by atoms with E-state index in [9.17, 15) is 8.42 Å². The molecule has 3 aromatic rings. The SMILES string of the molecule is O=S(=O)(c1ccc(Cl)cc1)C1CCC(=C2c3ccccc3CCc3ccccc32)CC1. The molecule has 1 fully saturated rings. The topological polar surface area (TPSA) is 34.1 Å². The minimum atomic E-state index is -3.34.